The van der Waals surface area contributed by atoms with Gasteiger partial charge in [-0.2, -0.15) is 4.98 Å². The Morgan fingerprint density at radius 3 is 2.46 bits per heavy atom. The lowest BCUT2D eigenvalue weighted by Crippen LogP contribution is -2.28. The molecular weight excluding hydrogens is 470 g/mol. The molecule has 0 bridgehead atoms. The van der Waals surface area contributed by atoms with Gasteiger partial charge in [0.1, 0.15) is 5.82 Å². The molecule has 0 spiro atoms. The van der Waals surface area contributed by atoms with Crippen molar-refractivity contribution in [1.29, 1.82) is 0 Å². The highest BCUT2D eigenvalue weighted by Crippen LogP contribution is 2.22. The number of methoxy groups -OCH3 is 1. The lowest BCUT2D eigenvalue weighted by Gasteiger charge is -2.10. The minimum absolute atomic E-state index is 0.0295. The Balaban J connectivity index is 0.000000402. The van der Waals surface area contributed by atoms with Crippen LogP contribution in [0.3, 0.4) is 0 Å². The summed E-state index contributed by atoms with van der Waals surface area (Å²) >= 11 is 0. The van der Waals surface area contributed by atoms with E-state index in [1.165, 1.54) is 24.9 Å². The molecule has 35 heavy (non-hydrogen) atoms. The topological polar surface area (TPSA) is 157 Å². The molecule has 0 unspecified atom stereocenters. The van der Waals surface area contributed by atoms with E-state index in [0.29, 0.717) is 24.4 Å². The van der Waals surface area contributed by atoms with E-state index in [1.807, 2.05) is 30.3 Å². The van der Waals surface area contributed by atoms with Crippen molar-refractivity contribution >= 4 is 33.2 Å². The van der Waals surface area contributed by atoms with Crippen molar-refractivity contribution in [2.45, 2.75) is 18.2 Å². The summed E-state index contributed by atoms with van der Waals surface area (Å²) in [6, 6.07) is 14.7. The van der Waals surface area contributed by atoms with Crippen molar-refractivity contribution < 1.29 is 23.1 Å². The predicted molar refractivity (Wildman–Crippen MR) is 135 cm³/mol. The van der Waals surface area contributed by atoms with E-state index in [4.69, 9.17) is 15.6 Å². The summed E-state index contributed by atoms with van der Waals surface area (Å²) in [5.41, 5.74) is 8.39. The fourth-order valence-corrected chi connectivity index (χ4v) is 4.00. The van der Waals surface area contributed by atoms with Crippen molar-refractivity contribution in [3.8, 4) is 0 Å². The number of benzene rings is 2. The van der Waals surface area contributed by atoms with Crippen LogP contribution in [0, 0.1) is 6.92 Å². The highest BCUT2D eigenvalue weighted by Gasteiger charge is 2.14. The average molecular weight is 502 g/mol. The summed E-state index contributed by atoms with van der Waals surface area (Å²) in [6.07, 6.45) is 3.24. The molecule has 0 saturated carbocycles. The number of nitrogens with zero attached hydrogens (tertiary/aromatic N) is 2. The summed E-state index contributed by atoms with van der Waals surface area (Å²) in [5, 5.41) is 14.1. The van der Waals surface area contributed by atoms with E-state index in [0.717, 1.165) is 12.7 Å². The van der Waals surface area contributed by atoms with E-state index in [9.17, 15) is 13.2 Å². The van der Waals surface area contributed by atoms with Crippen LogP contribution in [-0.2, 0) is 21.0 Å². The largest absolute Gasteiger partial charge is 0.396 e. The molecule has 0 aliphatic rings. The quantitative estimate of drug-likeness (QED) is 0.322. The number of hydrogen-bond donors (Lipinski definition) is 4. The third-order valence-corrected chi connectivity index (χ3v) is 5.99. The molecule has 5 N–H and O–H groups in total. The molecule has 0 aliphatic carbocycles. The maximum Gasteiger partial charge on any atom is 0.256 e. The van der Waals surface area contributed by atoms with Gasteiger partial charge in [0.05, 0.1) is 17.1 Å². The zero-order chi connectivity index (χ0) is 25.8. The Labute approximate surface area is 205 Å². The highest BCUT2D eigenvalue weighted by molar-refractivity contribution is 7.90. The summed E-state index contributed by atoms with van der Waals surface area (Å²) in [6.45, 7) is 2.67. The van der Waals surface area contributed by atoms with Gasteiger partial charge in [0.2, 0.25) is 5.95 Å². The number of aliphatic hydroxyl groups is 1. The van der Waals surface area contributed by atoms with Crippen molar-refractivity contribution in [2.75, 3.05) is 44.2 Å². The van der Waals surface area contributed by atoms with Crippen LogP contribution in [0.2, 0.25) is 0 Å². The number of sulfone groups is 1. The zero-order valence-electron chi connectivity index (χ0n) is 20.0. The van der Waals surface area contributed by atoms with E-state index in [-0.39, 0.29) is 34.7 Å². The first-order valence-electron chi connectivity index (χ1n) is 10.8. The van der Waals surface area contributed by atoms with Crippen LogP contribution in [0.15, 0.2) is 59.6 Å². The lowest BCUT2D eigenvalue weighted by molar-refractivity contribution is 0.0937. The predicted octanol–water partition coefficient (Wildman–Crippen LogP) is 2.11. The molecule has 0 radical (unpaired) electrons. The third kappa shape index (κ3) is 8.96. The number of amides is 1. The number of hydrogen-bond acceptors (Lipinski definition) is 9. The standard InChI is InChI=1S/C16H21N5O4S.C8H10O/c1-10-8-11(4-5-13(10)26(3,23)24)20-16-19-9-12(14(17)21-16)15(22)18-6-7-25-2;9-7-6-8-4-2-1-3-5-8/h4-5,8-9H,6-7H2,1-3H3,(H,18,22)(H3,17,19,20,21);1-5,9H,6-7H2. The SMILES string of the molecule is COCCNC(=O)c1cnc(Nc2ccc(S(C)(=O)=O)c(C)c2)nc1N.OCCc1ccccc1. The summed E-state index contributed by atoms with van der Waals surface area (Å²) in [5.74, 6) is -0.163. The number of anilines is 3. The van der Waals surface area contributed by atoms with Gasteiger partial charge in [-0.15, -0.1) is 0 Å². The first-order chi connectivity index (χ1) is 16.7. The number of rotatable bonds is 9. The summed E-state index contributed by atoms with van der Waals surface area (Å²) < 4.78 is 28.2. The molecule has 0 aliphatic heterocycles. The number of aliphatic hydroxyl groups excluding tert-OH is 1. The van der Waals surface area contributed by atoms with E-state index in [2.05, 4.69) is 20.6 Å². The maximum absolute atomic E-state index is 12.0. The molecular formula is C24H31N5O5S. The van der Waals surface area contributed by atoms with Crippen LogP contribution in [0.4, 0.5) is 17.5 Å². The van der Waals surface area contributed by atoms with Crippen LogP contribution >= 0.6 is 0 Å². The highest BCUT2D eigenvalue weighted by atomic mass is 32.2. The van der Waals surface area contributed by atoms with Gasteiger partial charge in [0.25, 0.3) is 5.91 Å². The fourth-order valence-electron chi connectivity index (χ4n) is 3.04. The Morgan fingerprint density at radius 2 is 1.89 bits per heavy atom. The number of aryl methyl sites for hydroxylation is 1. The number of aromatic nitrogens is 2. The second-order valence-electron chi connectivity index (χ2n) is 7.58. The first-order valence-corrected chi connectivity index (χ1v) is 12.7. The molecule has 1 heterocycles. The van der Waals surface area contributed by atoms with Gasteiger partial charge in [-0.3, -0.25) is 4.79 Å². The molecule has 0 fully saturated rings. The molecule has 2 aromatic carbocycles. The second kappa shape index (κ2) is 13.4. The minimum atomic E-state index is -3.29. The second-order valence-corrected chi connectivity index (χ2v) is 9.56. The number of nitrogens with one attached hydrogen (secondary N) is 2. The smallest absolute Gasteiger partial charge is 0.256 e. The van der Waals surface area contributed by atoms with Crippen molar-refractivity contribution in [3.63, 3.8) is 0 Å². The summed E-state index contributed by atoms with van der Waals surface area (Å²) in [7, 11) is -1.75. The van der Waals surface area contributed by atoms with Gasteiger partial charge in [0, 0.05) is 38.4 Å². The van der Waals surface area contributed by atoms with Crippen LogP contribution in [0.5, 0.6) is 0 Å². The first kappa shape index (κ1) is 27.7. The van der Waals surface area contributed by atoms with Gasteiger partial charge in [0.15, 0.2) is 9.84 Å². The number of carbonyl (C=O) groups is 1. The third-order valence-electron chi connectivity index (χ3n) is 4.73. The minimum Gasteiger partial charge on any atom is -0.396 e. The van der Waals surface area contributed by atoms with Gasteiger partial charge < -0.3 is 26.2 Å². The van der Waals surface area contributed by atoms with Crippen molar-refractivity contribution in [1.82, 2.24) is 15.3 Å². The number of carbonyl (C=O) groups excluding carboxylic acids is 1. The summed E-state index contributed by atoms with van der Waals surface area (Å²) in [4.78, 5) is 20.4. The van der Waals surface area contributed by atoms with Crippen molar-refractivity contribution in [3.05, 3.63) is 71.4 Å². The molecule has 1 amide bonds. The van der Waals surface area contributed by atoms with Crippen LogP contribution < -0.4 is 16.4 Å². The molecule has 0 atom stereocenters. The Morgan fingerprint density at radius 1 is 1.17 bits per heavy atom. The molecule has 11 heteroatoms. The van der Waals surface area contributed by atoms with Gasteiger partial charge in [-0.1, -0.05) is 30.3 Å². The van der Waals surface area contributed by atoms with Gasteiger partial charge in [-0.05, 0) is 42.7 Å². The average Bonchev–Trinajstić information content (AvgIpc) is 2.80. The fraction of sp³-hybridized carbons (Fsp3) is 0.292. The van der Waals surface area contributed by atoms with Crippen LogP contribution in [0.25, 0.3) is 0 Å². The van der Waals surface area contributed by atoms with Crippen molar-refractivity contribution in [2.24, 2.45) is 0 Å². The van der Waals surface area contributed by atoms with Gasteiger partial charge >= 0.3 is 0 Å². The maximum atomic E-state index is 12.0. The van der Waals surface area contributed by atoms with Crippen LogP contribution in [-0.4, -0.2) is 62.5 Å². The Kier molecular flexibility index (Phi) is 10.6. The Bertz CT molecular complexity index is 1220. The number of ether oxygens (including phenoxy) is 1. The monoisotopic (exact) mass is 501 g/mol. The Hall–Kier alpha value is -3.54. The molecule has 188 valence electrons. The molecule has 1 aromatic heterocycles. The van der Waals surface area contributed by atoms with Gasteiger partial charge in [-0.25, -0.2) is 13.4 Å². The zero-order valence-corrected chi connectivity index (χ0v) is 20.8. The number of nitrogen functional groups attached to an aromatic ring is 1. The molecule has 10 nitrogen and oxygen atoms in total. The lowest BCUT2D eigenvalue weighted by atomic mass is 10.2. The molecule has 0 saturated heterocycles. The van der Waals surface area contributed by atoms with E-state index < -0.39 is 9.84 Å². The number of nitrogens with two attached hydrogens (primary N) is 1. The normalized spacial score (nSPS) is 10.7. The molecule has 3 aromatic rings. The molecule has 3 rings (SSSR count). The van der Waals surface area contributed by atoms with E-state index >= 15 is 0 Å². The van der Waals surface area contributed by atoms with E-state index in [1.54, 1.807) is 19.1 Å². The van der Waals surface area contributed by atoms with Crippen LogP contribution in [0.1, 0.15) is 21.5 Å².